The summed E-state index contributed by atoms with van der Waals surface area (Å²) in [5.41, 5.74) is 0.920. The Morgan fingerprint density at radius 2 is 1.93 bits per heavy atom. The van der Waals surface area contributed by atoms with Crippen LogP contribution in [0.4, 0.5) is 5.13 Å². The summed E-state index contributed by atoms with van der Waals surface area (Å²) in [7, 11) is -3.61. The van der Waals surface area contributed by atoms with Crippen LogP contribution in [0, 0.1) is 6.92 Å². The Balaban J connectivity index is 1.80. The smallest absolute Gasteiger partial charge is 0.257 e. The van der Waals surface area contributed by atoms with Crippen LogP contribution in [-0.4, -0.2) is 47.2 Å². The SMILES string of the molecule is Cc1ccc(C(=O)Nc2nnc(SC(C)C)s2)cc1S(=O)(=O)N1CCCCC1. The highest BCUT2D eigenvalue weighted by molar-refractivity contribution is 8.01. The van der Waals surface area contributed by atoms with Gasteiger partial charge in [-0.1, -0.05) is 49.4 Å². The molecule has 0 bridgehead atoms. The van der Waals surface area contributed by atoms with E-state index in [-0.39, 0.29) is 10.5 Å². The van der Waals surface area contributed by atoms with E-state index in [0.29, 0.717) is 29.0 Å². The number of amides is 1. The zero-order valence-corrected chi connectivity index (χ0v) is 18.6. The van der Waals surface area contributed by atoms with E-state index in [1.807, 2.05) is 0 Å². The van der Waals surface area contributed by atoms with Gasteiger partial charge >= 0.3 is 0 Å². The standard InChI is InChI=1S/C18H24N4O3S3/c1-12(2)26-18-21-20-17(27-18)19-16(23)14-8-7-13(3)15(11-14)28(24,25)22-9-5-4-6-10-22/h7-8,11-12H,4-6,9-10H2,1-3H3,(H,19,20,23). The highest BCUT2D eigenvalue weighted by Crippen LogP contribution is 2.29. The maximum atomic E-state index is 13.0. The Bertz CT molecular complexity index is 951. The van der Waals surface area contributed by atoms with E-state index >= 15 is 0 Å². The number of carbonyl (C=O) groups excluding carboxylic acids is 1. The van der Waals surface area contributed by atoms with Crippen molar-refractivity contribution in [1.29, 1.82) is 0 Å². The molecule has 1 aromatic heterocycles. The molecule has 0 aliphatic carbocycles. The lowest BCUT2D eigenvalue weighted by Gasteiger charge is -2.26. The molecule has 1 aliphatic heterocycles. The molecule has 7 nitrogen and oxygen atoms in total. The molecule has 2 aromatic rings. The summed E-state index contributed by atoms with van der Waals surface area (Å²) in [5, 5.41) is 11.5. The van der Waals surface area contributed by atoms with Gasteiger partial charge in [0, 0.05) is 23.9 Å². The Hall–Kier alpha value is -1.49. The number of sulfonamides is 1. The van der Waals surface area contributed by atoms with Gasteiger partial charge in [0.15, 0.2) is 4.34 Å². The second-order valence-corrected chi connectivity index (χ2v) is 11.6. The third kappa shape index (κ3) is 4.91. The molecule has 28 heavy (non-hydrogen) atoms. The molecule has 0 unspecified atom stereocenters. The van der Waals surface area contributed by atoms with Crippen molar-refractivity contribution in [1.82, 2.24) is 14.5 Å². The number of thioether (sulfide) groups is 1. The van der Waals surface area contributed by atoms with Crippen LogP contribution in [0.2, 0.25) is 0 Å². The number of hydrogen-bond donors (Lipinski definition) is 1. The zero-order chi connectivity index (χ0) is 20.3. The van der Waals surface area contributed by atoms with Crippen molar-refractivity contribution in [2.75, 3.05) is 18.4 Å². The maximum Gasteiger partial charge on any atom is 0.257 e. The predicted octanol–water partition coefficient (Wildman–Crippen LogP) is 3.77. The predicted molar refractivity (Wildman–Crippen MR) is 113 cm³/mol. The first kappa shape index (κ1) is 21.2. The molecular weight excluding hydrogens is 416 g/mol. The molecule has 1 aliphatic rings. The van der Waals surface area contributed by atoms with Crippen molar-refractivity contribution < 1.29 is 13.2 Å². The largest absolute Gasteiger partial charge is 0.296 e. The quantitative estimate of drug-likeness (QED) is 0.543. The van der Waals surface area contributed by atoms with Crippen LogP contribution in [0.3, 0.4) is 0 Å². The van der Waals surface area contributed by atoms with E-state index in [2.05, 4.69) is 29.4 Å². The maximum absolute atomic E-state index is 13.0. The molecular formula is C18H24N4O3S3. The molecule has 152 valence electrons. The first-order chi connectivity index (χ1) is 13.3. The number of nitrogens with zero attached hydrogens (tertiary/aromatic N) is 3. The minimum absolute atomic E-state index is 0.190. The zero-order valence-electron chi connectivity index (χ0n) is 16.1. The van der Waals surface area contributed by atoms with Crippen molar-refractivity contribution in [2.45, 2.75) is 54.5 Å². The van der Waals surface area contributed by atoms with Crippen LogP contribution in [0.25, 0.3) is 0 Å². The Morgan fingerprint density at radius 3 is 2.61 bits per heavy atom. The second kappa shape index (κ2) is 8.89. The fourth-order valence-corrected chi connectivity index (χ4v) is 6.68. The molecule has 1 aromatic carbocycles. The molecule has 1 saturated heterocycles. The van der Waals surface area contributed by atoms with Gasteiger partial charge in [0.25, 0.3) is 5.91 Å². The molecule has 0 atom stereocenters. The van der Waals surface area contributed by atoms with Gasteiger partial charge in [-0.05, 0) is 37.5 Å². The molecule has 3 rings (SSSR count). The number of piperidine rings is 1. The molecule has 2 heterocycles. The van der Waals surface area contributed by atoms with E-state index < -0.39 is 15.9 Å². The van der Waals surface area contributed by atoms with Crippen molar-refractivity contribution in [3.05, 3.63) is 29.3 Å². The van der Waals surface area contributed by atoms with Crippen molar-refractivity contribution in [2.24, 2.45) is 0 Å². The lowest BCUT2D eigenvalue weighted by molar-refractivity contribution is 0.102. The van der Waals surface area contributed by atoms with Crippen LogP contribution >= 0.6 is 23.1 Å². The monoisotopic (exact) mass is 440 g/mol. The van der Waals surface area contributed by atoms with E-state index in [1.54, 1.807) is 30.8 Å². The van der Waals surface area contributed by atoms with Gasteiger partial charge < -0.3 is 0 Å². The number of hydrogen-bond acceptors (Lipinski definition) is 7. The summed E-state index contributed by atoms with van der Waals surface area (Å²) in [6.45, 7) is 6.92. The van der Waals surface area contributed by atoms with E-state index in [9.17, 15) is 13.2 Å². The average Bonchev–Trinajstić information content (AvgIpc) is 3.08. The molecule has 0 saturated carbocycles. The summed E-state index contributed by atoms with van der Waals surface area (Å²) in [6, 6.07) is 4.76. The average molecular weight is 441 g/mol. The summed E-state index contributed by atoms with van der Waals surface area (Å²) in [5.74, 6) is -0.396. The van der Waals surface area contributed by atoms with Crippen LogP contribution in [0.1, 0.15) is 49.0 Å². The van der Waals surface area contributed by atoms with E-state index in [4.69, 9.17) is 0 Å². The Labute approximate surface area is 174 Å². The van der Waals surface area contributed by atoms with Gasteiger partial charge in [-0.15, -0.1) is 10.2 Å². The molecule has 0 spiro atoms. The van der Waals surface area contributed by atoms with Crippen LogP contribution in [0.5, 0.6) is 0 Å². The van der Waals surface area contributed by atoms with Crippen LogP contribution in [0.15, 0.2) is 27.4 Å². The molecule has 10 heteroatoms. The van der Waals surface area contributed by atoms with Crippen molar-refractivity contribution in [3.8, 4) is 0 Å². The fraction of sp³-hybridized carbons (Fsp3) is 0.500. The summed E-state index contributed by atoms with van der Waals surface area (Å²) < 4.78 is 28.3. The normalized spacial score (nSPS) is 15.7. The molecule has 1 N–H and O–H groups in total. The summed E-state index contributed by atoms with van der Waals surface area (Å²) >= 11 is 2.88. The van der Waals surface area contributed by atoms with E-state index in [1.165, 1.54) is 21.7 Å². The van der Waals surface area contributed by atoms with Crippen molar-refractivity contribution in [3.63, 3.8) is 0 Å². The number of anilines is 1. The van der Waals surface area contributed by atoms with Crippen LogP contribution < -0.4 is 5.32 Å². The number of carbonyl (C=O) groups is 1. The van der Waals surface area contributed by atoms with E-state index in [0.717, 1.165) is 23.6 Å². The third-order valence-corrected chi connectivity index (χ3v) is 8.31. The first-order valence-electron chi connectivity index (χ1n) is 9.19. The summed E-state index contributed by atoms with van der Waals surface area (Å²) in [6.07, 6.45) is 2.78. The summed E-state index contributed by atoms with van der Waals surface area (Å²) in [4.78, 5) is 12.8. The van der Waals surface area contributed by atoms with Gasteiger partial charge in [0.05, 0.1) is 4.90 Å². The molecule has 1 fully saturated rings. The van der Waals surface area contributed by atoms with Gasteiger partial charge in [-0.2, -0.15) is 4.31 Å². The molecule has 1 amide bonds. The highest BCUT2D eigenvalue weighted by atomic mass is 32.2. The van der Waals surface area contributed by atoms with Gasteiger partial charge in [0.1, 0.15) is 0 Å². The van der Waals surface area contributed by atoms with Gasteiger partial charge in [-0.3, -0.25) is 10.1 Å². The topological polar surface area (TPSA) is 92.3 Å². The lowest BCUT2D eigenvalue weighted by atomic mass is 10.1. The number of aromatic nitrogens is 2. The van der Waals surface area contributed by atoms with Gasteiger partial charge in [-0.25, -0.2) is 8.42 Å². The first-order valence-corrected chi connectivity index (χ1v) is 12.3. The number of nitrogens with one attached hydrogen (secondary N) is 1. The Morgan fingerprint density at radius 1 is 1.21 bits per heavy atom. The minimum atomic E-state index is -3.61. The fourth-order valence-electron chi connectivity index (χ4n) is 2.94. The second-order valence-electron chi connectivity index (χ2n) is 6.94. The molecule has 0 radical (unpaired) electrons. The van der Waals surface area contributed by atoms with Crippen LogP contribution in [-0.2, 0) is 10.0 Å². The highest BCUT2D eigenvalue weighted by Gasteiger charge is 2.28. The lowest BCUT2D eigenvalue weighted by Crippen LogP contribution is -2.36. The minimum Gasteiger partial charge on any atom is -0.296 e. The van der Waals surface area contributed by atoms with Gasteiger partial charge in [0.2, 0.25) is 15.2 Å². The van der Waals surface area contributed by atoms with Crippen molar-refractivity contribution >= 4 is 44.2 Å². The number of benzene rings is 1. The number of aryl methyl sites for hydroxylation is 1. The Kier molecular flexibility index (Phi) is 6.74. The third-order valence-electron chi connectivity index (χ3n) is 4.35. The number of rotatable bonds is 6.